The molecule has 4 heteroatoms. The molecule has 1 heterocycles. The zero-order chi connectivity index (χ0) is 15.8. The summed E-state index contributed by atoms with van der Waals surface area (Å²) in [7, 11) is 0. The van der Waals surface area contributed by atoms with E-state index in [1.54, 1.807) is 0 Å². The number of benzene rings is 1. The standard InChI is InChI=1S/C18H28N2OS/c1-2-3-10-22-11-9-18(21)20-13-16(12-19)17(14-20)15-7-5-4-6-8-15/h4-8,16-17H,2-3,9-14,19H2,1H3/t16-,17+/m1/s1. The van der Waals surface area contributed by atoms with Crippen LogP contribution in [0.2, 0.25) is 0 Å². The number of nitrogens with zero attached hydrogens (tertiary/aromatic N) is 1. The first-order chi connectivity index (χ1) is 10.8. The molecular formula is C18H28N2OS. The SMILES string of the molecule is CCCCSCCC(=O)N1C[C@@H](CN)[C@H](c2ccccc2)C1. The average molecular weight is 321 g/mol. The monoisotopic (exact) mass is 320 g/mol. The normalized spacial score (nSPS) is 21.3. The van der Waals surface area contributed by atoms with Gasteiger partial charge in [0, 0.05) is 31.2 Å². The Morgan fingerprint density at radius 3 is 2.73 bits per heavy atom. The van der Waals surface area contributed by atoms with E-state index in [4.69, 9.17) is 5.73 Å². The van der Waals surface area contributed by atoms with Crippen LogP contribution in [0.3, 0.4) is 0 Å². The molecule has 1 saturated heterocycles. The van der Waals surface area contributed by atoms with E-state index in [1.165, 1.54) is 24.2 Å². The first kappa shape index (κ1) is 17.4. The van der Waals surface area contributed by atoms with Gasteiger partial charge >= 0.3 is 0 Å². The molecule has 0 bridgehead atoms. The number of hydrogen-bond donors (Lipinski definition) is 1. The van der Waals surface area contributed by atoms with E-state index < -0.39 is 0 Å². The van der Waals surface area contributed by atoms with Gasteiger partial charge in [0.05, 0.1) is 0 Å². The Labute approximate surface area is 138 Å². The predicted molar refractivity (Wildman–Crippen MR) is 95.2 cm³/mol. The van der Waals surface area contributed by atoms with Gasteiger partial charge in [-0.1, -0.05) is 43.7 Å². The van der Waals surface area contributed by atoms with Crippen LogP contribution >= 0.6 is 11.8 Å². The first-order valence-electron chi connectivity index (χ1n) is 8.36. The molecule has 0 unspecified atom stereocenters. The summed E-state index contributed by atoms with van der Waals surface area (Å²) in [6.07, 6.45) is 3.13. The molecule has 1 fully saturated rings. The summed E-state index contributed by atoms with van der Waals surface area (Å²) in [5.74, 6) is 3.18. The summed E-state index contributed by atoms with van der Waals surface area (Å²) in [5, 5.41) is 0. The van der Waals surface area contributed by atoms with Gasteiger partial charge in [-0.2, -0.15) is 11.8 Å². The second-order valence-electron chi connectivity index (χ2n) is 6.03. The molecule has 1 amide bonds. The summed E-state index contributed by atoms with van der Waals surface area (Å²) >= 11 is 1.90. The highest BCUT2D eigenvalue weighted by Gasteiger charge is 2.34. The maximum absolute atomic E-state index is 12.4. The van der Waals surface area contributed by atoms with Crippen LogP contribution < -0.4 is 5.73 Å². The van der Waals surface area contributed by atoms with Crippen molar-refractivity contribution in [2.45, 2.75) is 32.1 Å². The van der Waals surface area contributed by atoms with E-state index in [2.05, 4.69) is 31.2 Å². The molecule has 1 aromatic carbocycles. The maximum Gasteiger partial charge on any atom is 0.223 e. The Morgan fingerprint density at radius 1 is 1.27 bits per heavy atom. The number of hydrogen-bond acceptors (Lipinski definition) is 3. The van der Waals surface area contributed by atoms with Crippen molar-refractivity contribution in [1.82, 2.24) is 4.90 Å². The Balaban J connectivity index is 1.84. The van der Waals surface area contributed by atoms with Gasteiger partial charge in [-0.15, -0.1) is 0 Å². The number of nitrogens with two attached hydrogens (primary N) is 1. The van der Waals surface area contributed by atoms with Crippen LogP contribution in [0.15, 0.2) is 30.3 Å². The zero-order valence-corrected chi connectivity index (χ0v) is 14.4. The molecule has 0 aliphatic carbocycles. The highest BCUT2D eigenvalue weighted by atomic mass is 32.2. The maximum atomic E-state index is 12.4. The van der Waals surface area contributed by atoms with Crippen LogP contribution in [0.25, 0.3) is 0 Å². The summed E-state index contributed by atoms with van der Waals surface area (Å²) in [6.45, 7) is 4.49. The molecule has 2 rings (SSSR count). The number of thioether (sulfide) groups is 1. The minimum atomic E-state index is 0.292. The van der Waals surface area contributed by atoms with Crippen molar-refractivity contribution >= 4 is 17.7 Å². The van der Waals surface area contributed by atoms with E-state index in [0.717, 1.165) is 18.8 Å². The van der Waals surface area contributed by atoms with Crippen LogP contribution in [-0.2, 0) is 4.79 Å². The van der Waals surface area contributed by atoms with Gasteiger partial charge in [-0.25, -0.2) is 0 Å². The average Bonchev–Trinajstić information content (AvgIpc) is 3.00. The molecule has 22 heavy (non-hydrogen) atoms. The van der Waals surface area contributed by atoms with Crippen molar-refractivity contribution in [2.24, 2.45) is 11.7 Å². The molecule has 1 aliphatic heterocycles. The summed E-state index contributed by atoms with van der Waals surface area (Å²) < 4.78 is 0. The predicted octanol–water partition coefficient (Wildman–Crippen LogP) is 3.11. The van der Waals surface area contributed by atoms with Crippen molar-refractivity contribution < 1.29 is 4.79 Å². The van der Waals surface area contributed by atoms with Crippen LogP contribution in [-0.4, -0.2) is 41.9 Å². The first-order valence-corrected chi connectivity index (χ1v) is 9.52. The smallest absolute Gasteiger partial charge is 0.223 e. The fraction of sp³-hybridized carbons (Fsp3) is 0.611. The molecule has 1 aromatic rings. The second-order valence-corrected chi connectivity index (χ2v) is 7.25. The summed E-state index contributed by atoms with van der Waals surface area (Å²) in [6, 6.07) is 10.5. The lowest BCUT2D eigenvalue weighted by Gasteiger charge is -2.16. The van der Waals surface area contributed by atoms with E-state index in [0.29, 0.717) is 30.7 Å². The minimum Gasteiger partial charge on any atom is -0.342 e. The van der Waals surface area contributed by atoms with Gasteiger partial charge in [0.15, 0.2) is 0 Å². The highest BCUT2D eigenvalue weighted by Crippen LogP contribution is 2.32. The highest BCUT2D eigenvalue weighted by molar-refractivity contribution is 7.99. The van der Waals surface area contributed by atoms with Crippen molar-refractivity contribution in [3.05, 3.63) is 35.9 Å². The lowest BCUT2D eigenvalue weighted by atomic mass is 9.89. The topological polar surface area (TPSA) is 46.3 Å². The third-order valence-corrected chi connectivity index (χ3v) is 5.50. The van der Waals surface area contributed by atoms with Gasteiger partial charge in [0.25, 0.3) is 0 Å². The molecule has 0 aromatic heterocycles. The fourth-order valence-electron chi connectivity index (χ4n) is 3.06. The van der Waals surface area contributed by atoms with Crippen molar-refractivity contribution in [2.75, 3.05) is 31.1 Å². The Morgan fingerprint density at radius 2 is 2.05 bits per heavy atom. The summed E-state index contributed by atoms with van der Waals surface area (Å²) in [5.41, 5.74) is 7.25. The van der Waals surface area contributed by atoms with Gasteiger partial charge in [-0.3, -0.25) is 4.79 Å². The molecule has 3 nitrogen and oxygen atoms in total. The zero-order valence-electron chi connectivity index (χ0n) is 13.5. The fourth-order valence-corrected chi connectivity index (χ4v) is 4.07. The lowest BCUT2D eigenvalue weighted by molar-refractivity contribution is -0.129. The van der Waals surface area contributed by atoms with E-state index in [-0.39, 0.29) is 0 Å². The third kappa shape index (κ3) is 4.75. The molecule has 2 atom stereocenters. The number of likely N-dealkylation sites (tertiary alicyclic amines) is 1. The van der Waals surface area contributed by atoms with Crippen molar-refractivity contribution in [3.63, 3.8) is 0 Å². The molecule has 122 valence electrons. The Bertz CT molecular complexity index is 452. The quantitative estimate of drug-likeness (QED) is 0.749. The number of rotatable bonds is 8. The van der Waals surface area contributed by atoms with E-state index >= 15 is 0 Å². The number of amides is 1. The van der Waals surface area contributed by atoms with Crippen molar-refractivity contribution in [1.29, 1.82) is 0 Å². The van der Waals surface area contributed by atoms with Crippen LogP contribution in [0.5, 0.6) is 0 Å². The molecule has 2 N–H and O–H groups in total. The van der Waals surface area contributed by atoms with Gasteiger partial charge in [-0.05, 0) is 30.2 Å². The molecule has 0 saturated carbocycles. The molecule has 1 aliphatic rings. The molecule has 0 radical (unpaired) electrons. The second kappa shape index (κ2) is 9.21. The number of carbonyl (C=O) groups is 1. The minimum absolute atomic E-state index is 0.292. The molecular weight excluding hydrogens is 292 g/mol. The Hall–Kier alpha value is -1.00. The van der Waals surface area contributed by atoms with Gasteiger partial charge in [0.2, 0.25) is 5.91 Å². The van der Waals surface area contributed by atoms with Crippen molar-refractivity contribution in [3.8, 4) is 0 Å². The van der Waals surface area contributed by atoms with E-state index in [1.807, 2.05) is 22.7 Å². The van der Waals surface area contributed by atoms with Crippen LogP contribution in [0, 0.1) is 5.92 Å². The number of unbranched alkanes of at least 4 members (excludes halogenated alkanes) is 1. The Kier molecular flexibility index (Phi) is 7.26. The third-order valence-electron chi connectivity index (χ3n) is 4.43. The largest absolute Gasteiger partial charge is 0.342 e. The number of carbonyl (C=O) groups excluding carboxylic acids is 1. The molecule has 0 spiro atoms. The van der Waals surface area contributed by atoms with Gasteiger partial charge in [0.1, 0.15) is 0 Å². The van der Waals surface area contributed by atoms with Gasteiger partial charge < -0.3 is 10.6 Å². The van der Waals surface area contributed by atoms with E-state index in [9.17, 15) is 4.79 Å². The van der Waals surface area contributed by atoms with Crippen LogP contribution in [0.4, 0.5) is 0 Å². The lowest BCUT2D eigenvalue weighted by Crippen LogP contribution is -2.30. The van der Waals surface area contributed by atoms with Crippen LogP contribution in [0.1, 0.15) is 37.7 Å². The summed E-state index contributed by atoms with van der Waals surface area (Å²) in [4.78, 5) is 14.4.